The Hall–Kier alpha value is -2.28. The fourth-order valence-electron chi connectivity index (χ4n) is 1.61. The van der Waals surface area contributed by atoms with E-state index < -0.39 is 0 Å². The molecule has 0 bridgehead atoms. The number of H-pyrrole nitrogens is 1. The molecule has 0 atom stereocenters. The Bertz CT molecular complexity index is 551. The van der Waals surface area contributed by atoms with Crippen LogP contribution in [-0.2, 0) is 0 Å². The molecule has 0 fully saturated rings. The summed E-state index contributed by atoms with van der Waals surface area (Å²) in [5.41, 5.74) is 1.57. The second-order valence-electron chi connectivity index (χ2n) is 3.41. The average Bonchev–Trinajstić information content (AvgIpc) is 2.76. The van der Waals surface area contributed by atoms with Gasteiger partial charge in [0.25, 0.3) is 5.91 Å². The van der Waals surface area contributed by atoms with Crippen molar-refractivity contribution in [2.24, 2.45) is 0 Å². The zero-order valence-electron chi connectivity index (χ0n) is 8.66. The molecule has 1 aromatic heterocycles. The van der Waals surface area contributed by atoms with Crippen molar-refractivity contribution in [2.45, 2.75) is 6.42 Å². The first-order valence-corrected chi connectivity index (χ1v) is 5.04. The van der Waals surface area contributed by atoms with Crippen LogP contribution in [0.1, 0.15) is 16.8 Å². The molecule has 0 spiro atoms. The molecule has 2 aromatic rings. The molecule has 0 aliphatic carbocycles. The Morgan fingerprint density at radius 1 is 1.44 bits per heavy atom. The summed E-state index contributed by atoms with van der Waals surface area (Å²) in [6.45, 7) is 0.385. The maximum absolute atomic E-state index is 11.8. The van der Waals surface area contributed by atoms with Gasteiger partial charge in [0.05, 0.1) is 12.5 Å². The summed E-state index contributed by atoms with van der Waals surface area (Å²) in [5, 5.41) is 12.0. The number of amides is 1. The van der Waals surface area contributed by atoms with Gasteiger partial charge in [-0.05, 0) is 18.2 Å². The maximum Gasteiger partial charge on any atom is 0.252 e. The molecule has 0 aliphatic rings. The van der Waals surface area contributed by atoms with Crippen molar-refractivity contribution in [1.29, 1.82) is 5.26 Å². The standard InChI is InChI=1S/C12H11N3O/c13-6-2-7-15-12(16)10-3-1-4-11-9(10)5-8-14-11/h1,3-5,8,14H,2,7H2,(H,15,16). The third-order valence-corrected chi connectivity index (χ3v) is 2.36. The monoisotopic (exact) mass is 213 g/mol. The van der Waals surface area contributed by atoms with E-state index >= 15 is 0 Å². The second kappa shape index (κ2) is 4.49. The molecule has 4 heteroatoms. The summed E-state index contributed by atoms with van der Waals surface area (Å²) in [4.78, 5) is 14.8. The minimum Gasteiger partial charge on any atom is -0.361 e. The molecule has 2 N–H and O–H groups in total. The number of hydrogen-bond donors (Lipinski definition) is 2. The van der Waals surface area contributed by atoms with Crippen molar-refractivity contribution in [3.05, 3.63) is 36.0 Å². The van der Waals surface area contributed by atoms with Gasteiger partial charge in [-0.2, -0.15) is 5.26 Å². The molecule has 4 nitrogen and oxygen atoms in total. The lowest BCUT2D eigenvalue weighted by Crippen LogP contribution is -2.24. The molecule has 1 aromatic carbocycles. The van der Waals surface area contributed by atoms with E-state index in [0.29, 0.717) is 18.5 Å². The Balaban J connectivity index is 2.23. The zero-order valence-corrected chi connectivity index (χ0v) is 8.66. The van der Waals surface area contributed by atoms with E-state index in [0.717, 1.165) is 10.9 Å². The van der Waals surface area contributed by atoms with E-state index in [1.165, 1.54) is 0 Å². The Morgan fingerprint density at radius 2 is 2.31 bits per heavy atom. The van der Waals surface area contributed by atoms with Crippen molar-refractivity contribution >= 4 is 16.8 Å². The van der Waals surface area contributed by atoms with Gasteiger partial charge in [-0.3, -0.25) is 4.79 Å². The number of nitrogens with one attached hydrogen (secondary N) is 2. The van der Waals surface area contributed by atoms with Crippen LogP contribution in [0.2, 0.25) is 0 Å². The van der Waals surface area contributed by atoms with Gasteiger partial charge >= 0.3 is 0 Å². The summed E-state index contributed by atoms with van der Waals surface area (Å²) in [6, 6.07) is 9.38. The molecular weight excluding hydrogens is 202 g/mol. The van der Waals surface area contributed by atoms with Crippen LogP contribution in [0.3, 0.4) is 0 Å². The number of rotatable bonds is 3. The number of hydrogen-bond acceptors (Lipinski definition) is 2. The van der Waals surface area contributed by atoms with E-state index in [1.54, 1.807) is 12.3 Å². The van der Waals surface area contributed by atoms with Crippen molar-refractivity contribution in [3.63, 3.8) is 0 Å². The smallest absolute Gasteiger partial charge is 0.252 e. The minimum atomic E-state index is -0.138. The normalized spacial score (nSPS) is 9.94. The van der Waals surface area contributed by atoms with Gasteiger partial charge in [-0.15, -0.1) is 0 Å². The van der Waals surface area contributed by atoms with Gasteiger partial charge in [-0.25, -0.2) is 0 Å². The first kappa shape index (κ1) is 10.2. The summed E-state index contributed by atoms with van der Waals surface area (Å²) >= 11 is 0. The number of benzene rings is 1. The minimum absolute atomic E-state index is 0.138. The van der Waals surface area contributed by atoms with E-state index in [1.807, 2.05) is 24.3 Å². The predicted molar refractivity (Wildman–Crippen MR) is 60.9 cm³/mol. The fourth-order valence-corrected chi connectivity index (χ4v) is 1.61. The van der Waals surface area contributed by atoms with Crippen LogP contribution in [0.25, 0.3) is 10.9 Å². The number of nitriles is 1. The van der Waals surface area contributed by atoms with Crippen LogP contribution >= 0.6 is 0 Å². The fraction of sp³-hybridized carbons (Fsp3) is 0.167. The van der Waals surface area contributed by atoms with Gasteiger partial charge in [0.2, 0.25) is 0 Å². The van der Waals surface area contributed by atoms with Crippen LogP contribution < -0.4 is 5.32 Å². The average molecular weight is 213 g/mol. The van der Waals surface area contributed by atoms with E-state index in [2.05, 4.69) is 10.3 Å². The molecule has 0 saturated carbocycles. The van der Waals surface area contributed by atoms with Crippen LogP contribution in [-0.4, -0.2) is 17.4 Å². The number of nitrogens with zero attached hydrogens (tertiary/aromatic N) is 1. The Morgan fingerprint density at radius 3 is 3.12 bits per heavy atom. The molecule has 1 amide bonds. The quantitative estimate of drug-likeness (QED) is 0.763. The second-order valence-corrected chi connectivity index (χ2v) is 3.41. The molecule has 0 aliphatic heterocycles. The Labute approximate surface area is 92.9 Å². The molecule has 2 rings (SSSR count). The SMILES string of the molecule is N#CCCNC(=O)c1cccc2[nH]ccc12. The van der Waals surface area contributed by atoms with Crippen molar-refractivity contribution in [1.82, 2.24) is 10.3 Å². The lowest BCUT2D eigenvalue weighted by molar-refractivity contribution is 0.0956. The van der Waals surface area contributed by atoms with Gasteiger partial charge in [-0.1, -0.05) is 6.07 Å². The number of fused-ring (bicyclic) bond motifs is 1. The molecule has 0 unspecified atom stereocenters. The molecular formula is C12H11N3O. The number of carbonyl (C=O) groups is 1. The van der Waals surface area contributed by atoms with Crippen LogP contribution in [0, 0.1) is 11.3 Å². The lowest BCUT2D eigenvalue weighted by atomic mass is 10.1. The highest BCUT2D eigenvalue weighted by Gasteiger charge is 2.09. The number of carbonyl (C=O) groups excluding carboxylic acids is 1. The van der Waals surface area contributed by atoms with Gasteiger partial charge in [0.1, 0.15) is 0 Å². The largest absolute Gasteiger partial charge is 0.361 e. The molecule has 0 radical (unpaired) electrons. The van der Waals surface area contributed by atoms with Crippen LogP contribution in [0.5, 0.6) is 0 Å². The number of aromatic nitrogens is 1. The highest BCUT2D eigenvalue weighted by molar-refractivity contribution is 6.06. The highest BCUT2D eigenvalue weighted by Crippen LogP contribution is 2.16. The summed E-state index contributed by atoms with van der Waals surface area (Å²) < 4.78 is 0. The molecule has 80 valence electrons. The Kier molecular flexibility index (Phi) is 2.88. The molecule has 0 saturated heterocycles. The van der Waals surface area contributed by atoms with Gasteiger partial charge < -0.3 is 10.3 Å². The third-order valence-electron chi connectivity index (χ3n) is 2.36. The first-order chi connectivity index (χ1) is 7.83. The third kappa shape index (κ3) is 1.89. The highest BCUT2D eigenvalue weighted by atomic mass is 16.1. The van der Waals surface area contributed by atoms with Crippen molar-refractivity contribution < 1.29 is 4.79 Å². The summed E-state index contributed by atoms with van der Waals surface area (Å²) in [5.74, 6) is -0.138. The van der Waals surface area contributed by atoms with Gasteiger partial charge in [0, 0.05) is 29.2 Å². The molecule has 1 heterocycles. The predicted octanol–water partition coefficient (Wildman–Crippen LogP) is 1.81. The maximum atomic E-state index is 11.8. The van der Waals surface area contributed by atoms with Gasteiger partial charge in [0.15, 0.2) is 0 Å². The zero-order chi connectivity index (χ0) is 11.4. The lowest BCUT2D eigenvalue weighted by Gasteiger charge is -2.03. The van der Waals surface area contributed by atoms with Crippen LogP contribution in [0.4, 0.5) is 0 Å². The summed E-state index contributed by atoms with van der Waals surface area (Å²) in [7, 11) is 0. The van der Waals surface area contributed by atoms with Crippen LogP contribution in [0.15, 0.2) is 30.5 Å². The molecule has 16 heavy (non-hydrogen) atoms. The first-order valence-electron chi connectivity index (χ1n) is 5.04. The number of aromatic amines is 1. The van der Waals surface area contributed by atoms with Crippen molar-refractivity contribution in [2.75, 3.05) is 6.54 Å². The summed E-state index contributed by atoms with van der Waals surface area (Å²) in [6.07, 6.45) is 2.13. The van der Waals surface area contributed by atoms with E-state index in [4.69, 9.17) is 5.26 Å². The van der Waals surface area contributed by atoms with E-state index in [-0.39, 0.29) is 5.91 Å². The van der Waals surface area contributed by atoms with E-state index in [9.17, 15) is 4.79 Å². The topological polar surface area (TPSA) is 68.7 Å². The van der Waals surface area contributed by atoms with Crippen molar-refractivity contribution in [3.8, 4) is 6.07 Å².